The summed E-state index contributed by atoms with van der Waals surface area (Å²) in [5.74, 6) is 1.47. The summed E-state index contributed by atoms with van der Waals surface area (Å²) < 4.78 is 22.1. The van der Waals surface area contributed by atoms with Crippen LogP contribution in [-0.4, -0.2) is 53.8 Å². The fourth-order valence-electron chi connectivity index (χ4n) is 3.95. The summed E-state index contributed by atoms with van der Waals surface area (Å²) in [6.45, 7) is 6.72. The van der Waals surface area contributed by atoms with E-state index in [-0.39, 0.29) is 23.6 Å². The molecule has 3 aromatic rings. The lowest BCUT2D eigenvalue weighted by Crippen LogP contribution is -2.44. The van der Waals surface area contributed by atoms with Crippen LogP contribution >= 0.6 is 0 Å². The van der Waals surface area contributed by atoms with Crippen molar-refractivity contribution in [2.45, 2.75) is 45.3 Å². The molecule has 9 heteroatoms. The molecule has 1 aliphatic rings. The third-order valence-corrected chi connectivity index (χ3v) is 5.79. The summed E-state index contributed by atoms with van der Waals surface area (Å²) in [4.78, 5) is 30.9. The Bertz CT molecular complexity index is 1230. The summed E-state index contributed by atoms with van der Waals surface area (Å²) in [6, 6.07) is 18.3. The Morgan fingerprint density at radius 2 is 1.53 bits per heavy atom. The summed E-state index contributed by atoms with van der Waals surface area (Å²) in [7, 11) is 1.31. The molecule has 1 aliphatic heterocycles. The van der Waals surface area contributed by atoms with Crippen molar-refractivity contribution in [1.29, 1.82) is 0 Å². The highest BCUT2D eigenvalue weighted by atomic mass is 16.6. The van der Waals surface area contributed by atoms with Crippen molar-refractivity contribution in [2.75, 3.05) is 25.5 Å². The number of hydrogen-bond acceptors (Lipinski definition) is 8. The number of piperidine rings is 1. The van der Waals surface area contributed by atoms with Crippen molar-refractivity contribution in [3.05, 3.63) is 72.4 Å². The predicted octanol–water partition coefficient (Wildman–Crippen LogP) is 6.26. The zero-order valence-electron chi connectivity index (χ0n) is 22.1. The molecule has 4 rings (SSSR count). The van der Waals surface area contributed by atoms with Gasteiger partial charge in [0.05, 0.1) is 19.0 Å². The summed E-state index contributed by atoms with van der Waals surface area (Å²) in [5, 5.41) is 3.41. The van der Waals surface area contributed by atoms with Crippen molar-refractivity contribution >= 4 is 17.7 Å². The Kier molecular flexibility index (Phi) is 8.35. The van der Waals surface area contributed by atoms with Crippen molar-refractivity contribution in [2.24, 2.45) is 0 Å². The number of amides is 1. The van der Waals surface area contributed by atoms with E-state index in [1.807, 2.05) is 51.1 Å². The molecule has 1 fully saturated rings. The minimum Gasteiger partial charge on any atom is -0.465 e. The molecule has 0 atom stereocenters. The van der Waals surface area contributed by atoms with Crippen LogP contribution in [0.2, 0.25) is 0 Å². The van der Waals surface area contributed by atoms with Gasteiger partial charge in [0.25, 0.3) is 0 Å². The van der Waals surface area contributed by atoms with Gasteiger partial charge in [0.1, 0.15) is 28.4 Å². The minimum absolute atomic E-state index is 0.116. The number of nitrogens with zero attached hydrogens (tertiary/aromatic N) is 2. The molecule has 0 aliphatic carbocycles. The molecule has 0 unspecified atom stereocenters. The average Bonchev–Trinajstić information content (AvgIpc) is 2.90. The van der Waals surface area contributed by atoms with Gasteiger partial charge in [-0.1, -0.05) is 18.2 Å². The topological polar surface area (TPSA) is 99.2 Å². The van der Waals surface area contributed by atoms with Crippen molar-refractivity contribution in [1.82, 2.24) is 9.88 Å². The molecule has 0 saturated carbocycles. The Morgan fingerprint density at radius 3 is 2.13 bits per heavy atom. The molecule has 1 aromatic heterocycles. The number of anilines is 1. The van der Waals surface area contributed by atoms with Crippen LogP contribution in [-0.2, 0) is 9.47 Å². The van der Waals surface area contributed by atoms with E-state index in [0.717, 1.165) is 18.6 Å². The van der Waals surface area contributed by atoms with Crippen LogP contribution in [0.4, 0.5) is 10.5 Å². The first-order valence-electron chi connectivity index (χ1n) is 12.5. The van der Waals surface area contributed by atoms with Gasteiger partial charge in [-0.25, -0.2) is 14.6 Å². The molecule has 9 nitrogen and oxygen atoms in total. The zero-order valence-corrected chi connectivity index (χ0v) is 22.1. The molecule has 2 heterocycles. The van der Waals surface area contributed by atoms with Gasteiger partial charge in [-0.15, -0.1) is 0 Å². The van der Waals surface area contributed by atoms with Crippen LogP contribution in [0.15, 0.2) is 66.9 Å². The van der Waals surface area contributed by atoms with Crippen LogP contribution < -0.4 is 14.8 Å². The Labute approximate surface area is 222 Å². The molecule has 0 spiro atoms. The molecule has 200 valence electrons. The fourth-order valence-corrected chi connectivity index (χ4v) is 3.95. The van der Waals surface area contributed by atoms with E-state index in [1.165, 1.54) is 7.11 Å². The number of aromatic nitrogens is 1. The first kappa shape index (κ1) is 26.8. The number of carbonyl (C=O) groups is 2. The second-order valence-corrected chi connectivity index (χ2v) is 9.94. The van der Waals surface area contributed by atoms with Gasteiger partial charge in [-0.3, -0.25) is 0 Å². The van der Waals surface area contributed by atoms with E-state index >= 15 is 0 Å². The maximum atomic E-state index is 12.5. The molecular formula is C29H33N3O6. The van der Waals surface area contributed by atoms with Crippen LogP contribution in [0, 0.1) is 0 Å². The normalized spacial score (nSPS) is 13.9. The number of pyridine rings is 1. The van der Waals surface area contributed by atoms with E-state index in [4.69, 9.17) is 18.9 Å². The lowest BCUT2D eigenvalue weighted by Gasteiger charge is -2.34. The smallest absolute Gasteiger partial charge is 0.410 e. The van der Waals surface area contributed by atoms with Crippen molar-refractivity contribution in [3.8, 4) is 23.1 Å². The number of hydrogen-bond donors (Lipinski definition) is 1. The Hall–Kier alpha value is -4.27. The predicted molar refractivity (Wildman–Crippen MR) is 143 cm³/mol. The quantitative estimate of drug-likeness (QED) is 0.365. The van der Waals surface area contributed by atoms with Crippen LogP contribution in [0.5, 0.6) is 23.1 Å². The van der Waals surface area contributed by atoms with Crippen LogP contribution in [0.3, 0.4) is 0 Å². The highest BCUT2D eigenvalue weighted by Gasteiger charge is 2.27. The summed E-state index contributed by atoms with van der Waals surface area (Å²) >= 11 is 0. The number of esters is 1. The summed E-state index contributed by atoms with van der Waals surface area (Å²) in [6.07, 6.45) is 2.80. The maximum Gasteiger partial charge on any atom is 0.410 e. The molecule has 1 N–H and O–H groups in total. The number of ether oxygens (including phenoxy) is 4. The van der Waals surface area contributed by atoms with E-state index in [9.17, 15) is 9.59 Å². The van der Waals surface area contributed by atoms with Gasteiger partial charge >= 0.3 is 12.1 Å². The third kappa shape index (κ3) is 7.38. The van der Waals surface area contributed by atoms with Gasteiger partial charge in [0, 0.05) is 19.1 Å². The van der Waals surface area contributed by atoms with E-state index in [2.05, 4.69) is 10.3 Å². The van der Waals surface area contributed by atoms with Gasteiger partial charge in [-0.2, -0.15) is 0 Å². The molecule has 0 bridgehead atoms. The molecule has 0 radical (unpaired) electrons. The lowest BCUT2D eigenvalue weighted by molar-refractivity contribution is 0.0210. The number of para-hydroxylation sites is 1. The first-order chi connectivity index (χ1) is 18.2. The standard InChI is InChI=1S/C29H33N3O6/c1-29(2,3)38-28(34)32-16-14-20(15-17-32)31-21-18-25(27(33)35-4)26(30-19-21)37-24-12-10-23(11-13-24)36-22-8-6-5-7-9-22/h5-13,18-20,31H,14-17H2,1-4H3. The van der Waals surface area contributed by atoms with Gasteiger partial charge in [0.15, 0.2) is 0 Å². The zero-order chi connectivity index (χ0) is 27.1. The number of carbonyl (C=O) groups excluding carboxylic acids is 2. The highest BCUT2D eigenvalue weighted by molar-refractivity contribution is 5.93. The van der Waals surface area contributed by atoms with E-state index in [0.29, 0.717) is 30.3 Å². The number of methoxy groups -OCH3 is 1. The van der Waals surface area contributed by atoms with Crippen molar-refractivity contribution < 1.29 is 28.5 Å². The number of rotatable bonds is 7. The number of benzene rings is 2. The van der Waals surface area contributed by atoms with E-state index in [1.54, 1.807) is 41.4 Å². The highest BCUT2D eigenvalue weighted by Crippen LogP contribution is 2.29. The lowest BCUT2D eigenvalue weighted by atomic mass is 10.0. The van der Waals surface area contributed by atoms with Gasteiger partial charge in [-0.05, 0) is 76.1 Å². The fraction of sp³-hybridized carbons (Fsp3) is 0.345. The Balaban J connectivity index is 1.39. The van der Waals surface area contributed by atoms with Crippen LogP contribution in [0.1, 0.15) is 44.0 Å². The summed E-state index contributed by atoms with van der Waals surface area (Å²) in [5.41, 5.74) is 0.345. The molecule has 1 saturated heterocycles. The minimum atomic E-state index is -0.556. The number of nitrogens with one attached hydrogen (secondary N) is 1. The molecule has 1 amide bonds. The first-order valence-corrected chi connectivity index (χ1v) is 12.5. The Morgan fingerprint density at radius 1 is 0.921 bits per heavy atom. The SMILES string of the molecule is COC(=O)c1cc(NC2CCN(C(=O)OC(C)(C)C)CC2)cnc1Oc1ccc(Oc2ccccc2)cc1. The number of likely N-dealkylation sites (tertiary alicyclic amines) is 1. The largest absolute Gasteiger partial charge is 0.465 e. The average molecular weight is 520 g/mol. The maximum absolute atomic E-state index is 12.5. The second-order valence-electron chi connectivity index (χ2n) is 9.94. The second kappa shape index (κ2) is 11.9. The van der Waals surface area contributed by atoms with Gasteiger partial charge < -0.3 is 29.2 Å². The van der Waals surface area contributed by atoms with Gasteiger partial charge in [0.2, 0.25) is 5.88 Å². The molecule has 2 aromatic carbocycles. The van der Waals surface area contributed by atoms with E-state index < -0.39 is 11.6 Å². The van der Waals surface area contributed by atoms with Crippen molar-refractivity contribution in [3.63, 3.8) is 0 Å². The third-order valence-electron chi connectivity index (χ3n) is 5.79. The van der Waals surface area contributed by atoms with Crippen LogP contribution in [0.25, 0.3) is 0 Å². The molecular weight excluding hydrogens is 486 g/mol. The molecule has 38 heavy (non-hydrogen) atoms. The monoisotopic (exact) mass is 519 g/mol.